The van der Waals surface area contributed by atoms with E-state index in [9.17, 15) is 18.0 Å². The molecule has 1 N–H and O–H groups in total. The van der Waals surface area contributed by atoms with Crippen LogP contribution >= 0.6 is 0 Å². The van der Waals surface area contributed by atoms with Crippen molar-refractivity contribution in [3.05, 3.63) is 60.7 Å². The number of benzene rings is 2. The molecule has 3 rings (SSSR count). The van der Waals surface area contributed by atoms with Crippen LogP contribution in [0.3, 0.4) is 0 Å². The van der Waals surface area contributed by atoms with Gasteiger partial charge in [0, 0.05) is 18.1 Å². The van der Waals surface area contributed by atoms with E-state index in [1.165, 1.54) is 30.3 Å². The second-order valence-corrected chi connectivity index (χ2v) is 5.72. The maximum Gasteiger partial charge on any atom is 0.573 e. The highest BCUT2D eigenvalue weighted by molar-refractivity contribution is 5.87. The van der Waals surface area contributed by atoms with Gasteiger partial charge in [-0.3, -0.25) is 4.79 Å². The second kappa shape index (κ2) is 7.61. The highest BCUT2D eigenvalue weighted by atomic mass is 19.4. The Hall–Kier alpha value is -3.16. The van der Waals surface area contributed by atoms with E-state index in [-0.39, 0.29) is 17.7 Å². The molecule has 0 spiro atoms. The topological polar surface area (TPSA) is 56.8 Å². The molecule has 8 heteroatoms. The van der Waals surface area contributed by atoms with Crippen LogP contribution in [0, 0.1) is 0 Å². The first-order valence-corrected chi connectivity index (χ1v) is 8.07. The van der Waals surface area contributed by atoms with Gasteiger partial charge < -0.3 is 19.5 Å². The van der Waals surface area contributed by atoms with Crippen molar-refractivity contribution in [2.24, 2.45) is 0 Å². The lowest BCUT2D eigenvalue weighted by Crippen LogP contribution is -2.30. The number of alkyl halides is 3. The largest absolute Gasteiger partial charge is 0.573 e. The van der Waals surface area contributed by atoms with Crippen molar-refractivity contribution < 1.29 is 32.2 Å². The molecule has 1 aliphatic heterocycles. The molecule has 1 atom stereocenters. The summed E-state index contributed by atoms with van der Waals surface area (Å²) in [5.74, 6) is 0.773. The molecule has 1 amide bonds. The number of fused-ring (bicyclic) bond motifs is 1. The number of rotatable bonds is 5. The van der Waals surface area contributed by atoms with Gasteiger partial charge in [-0.05, 0) is 42.5 Å². The Morgan fingerprint density at radius 2 is 1.81 bits per heavy atom. The minimum atomic E-state index is -4.74. The summed E-state index contributed by atoms with van der Waals surface area (Å²) in [6.07, 6.45) is -2.90. The predicted molar refractivity (Wildman–Crippen MR) is 90.8 cm³/mol. The number of halogens is 3. The summed E-state index contributed by atoms with van der Waals surface area (Å²) in [5.41, 5.74) is 0.817. The van der Waals surface area contributed by atoms with E-state index in [4.69, 9.17) is 9.47 Å². The normalized spacial score (nSPS) is 15.9. The number of nitrogens with one attached hydrogen (secondary N) is 1. The fourth-order valence-electron chi connectivity index (χ4n) is 2.66. The summed E-state index contributed by atoms with van der Waals surface area (Å²) in [5, 5.41) is 2.84. The van der Waals surface area contributed by atoms with Crippen LogP contribution in [0.4, 0.5) is 13.2 Å². The van der Waals surface area contributed by atoms with Crippen molar-refractivity contribution in [2.75, 3.05) is 6.61 Å². The Morgan fingerprint density at radius 3 is 2.48 bits per heavy atom. The predicted octanol–water partition coefficient (Wildman–Crippen LogP) is 4.50. The molecule has 2 aromatic rings. The fourth-order valence-corrected chi connectivity index (χ4v) is 2.66. The molecule has 0 saturated carbocycles. The van der Waals surface area contributed by atoms with E-state index in [1.807, 2.05) is 0 Å². The van der Waals surface area contributed by atoms with Crippen molar-refractivity contribution >= 4 is 5.91 Å². The van der Waals surface area contributed by atoms with Crippen LogP contribution in [-0.2, 0) is 4.79 Å². The molecular weight excluding hydrogens is 363 g/mol. The number of hydrogen-bond donors (Lipinski definition) is 1. The lowest BCUT2D eigenvalue weighted by atomic mass is 10.0. The lowest BCUT2D eigenvalue weighted by Gasteiger charge is -2.26. The average molecular weight is 379 g/mol. The third-order valence-electron chi connectivity index (χ3n) is 3.82. The minimum absolute atomic E-state index is 0.188. The molecular formula is C19H16F3NO4. The van der Waals surface area contributed by atoms with Crippen LogP contribution < -0.4 is 19.5 Å². The first-order chi connectivity index (χ1) is 12.8. The first-order valence-electron chi connectivity index (χ1n) is 8.07. The van der Waals surface area contributed by atoms with Crippen molar-refractivity contribution in [1.82, 2.24) is 5.32 Å². The highest BCUT2D eigenvalue weighted by Crippen LogP contribution is 2.36. The van der Waals surface area contributed by atoms with E-state index >= 15 is 0 Å². The van der Waals surface area contributed by atoms with E-state index < -0.39 is 6.36 Å². The third-order valence-corrected chi connectivity index (χ3v) is 3.82. The molecule has 1 aliphatic rings. The second-order valence-electron chi connectivity index (χ2n) is 5.72. The van der Waals surface area contributed by atoms with Crippen LogP contribution in [0.1, 0.15) is 18.0 Å². The summed E-state index contributed by atoms with van der Waals surface area (Å²) in [6.45, 7) is 3.87. The molecule has 1 heterocycles. The third kappa shape index (κ3) is 4.93. The van der Waals surface area contributed by atoms with E-state index in [1.54, 1.807) is 18.2 Å². The lowest BCUT2D eigenvalue weighted by molar-refractivity contribution is -0.274. The van der Waals surface area contributed by atoms with Crippen LogP contribution in [-0.4, -0.2) is 18.9 Å². The highest BCUT2D eigenvalue weighted by Gasteiger charge is 2.31. The summed E-state index contributed by atoms with van der Waals surface area (Å²) in [6, 6.07) is 10.0. The Bertz CT molecular complexity index is 834. The van der Waals surface area contributed by atoms with Crippen molar-refractivity contribution in [3.8, 4) is 23.0 Å². The zero-order valence-corrected chi connectivity index (χ0v) is 14.1. The van der Waals surface area contributed by atoms with Gasteiger partial charge in [0.05, 0.1) is 12.6 Å². The van der Waals surface area contributed by atoms with E-state index in [2.05, 4.69) is 16.6 Å². The molecule has 0 aliphatic carbocycles. The van der Waals surface area contributed by atoms with Crippen LogP contribution in [0.15, 0.2) is 55.1 Å². The monoisotopic (exact) mass is 379 g/mol. The van der Waals surface area contributed by atoms with Crippen LogP contribution in [0.25, 0.3) is 0 Å². The van der Waals surface area contributed by atoms with Crippen molar-refractivity contribution in [1.29, 1.82) is 0 Å². The quantitative estimate of drug-likeness (QED) is 0.777. The Balaban J connectivity index is 1.71. The van der Waals surface area contributed by atoms with Crippen LogP contribution in [0.2, 0.25) is 0 Å². The van der Waals surface area contributed by atoms with Gasteiger partial charge in [0.15, 0.2) is 0 Å². The van der Waals surface area contributed by atoms with Gasteiger partial charge in [0.1, 0.15) is 23.0 Å². The standard InChI is InChI=1S/C19H16F3NO4/c1-2-18(24)23-16-9-10-25-17-11-14(7-8-15(16)17)26-12-3-5-13(6-4-12)27-19(20,21)22/h2-8,11,16H,1,9-10H2,(H,23,24). The van der Waals surface area contributed by atoms with Gasteiger partial charge in [0.25, 0.3) is 0 Å². The van der Waals surface area contributed by atoms with Gasteiger partial charge in [-0.1, -0.05) is 6.58 Å². The molecule has 1 unspecified atom stereocenters. The van der Waals surface area contributed by atoms with Gasteiger partial charge >= 0.3 is 6.36 Å². The fraction of sp³-hybridized carbons (Fsp3) is 0.211. The molecule has 0 radical (unpaired) electrons. The van der Waals surface area contributed by atoms with E-state index in [0.717, 1.165) is 5.56 Å². The number of amides is 1. The maximum atomic E-state index is 12.2. The summed E-state index contributed by atoms with van der Waals surface area (Å²) >= 11 is 0. The Kier molecular flexibility index (Phi) is 5.25. The smallest absolute Gasteiger partial charge is 0.493 e. The first kappa shape index (κ1) is 18.6. The molecule has 0 bridgehead atoms. The SMILES string of the molecule is C=CC(=O)NC1CCOc2cc(Oc3ccc(OC(F)(F)F)cc3)ccc21. The van der Waals surface area contributed by atoms with Gasteiger partial charge in [-0.15, -0.1) is 13.2 Å². The number of ether oxygens (including phenoxy) is 3. The zero-order chi connectivity index (χ0) is 19.4. The summed E-state index contributed by atoms with van der Waals surface area (Å²) in [7, 11) is 0. The minimum Gasteiger partial charge on any atom is -0.493 e. The molecule has 0 aromatic heterocycles. The van der Waals surface area contributed by atoms with Crippen molar-refractivity contribution in [2.45, 2.75) is 18.8 Å². The molecule has 142 valence electrons. The molecule has 27 heavy (non-hydrogen) atoms. The average Bonchev–Trinajstić information content (AvgIpc) is 2.62. The maximum absolute atomic E-state index is 12.2. The van der Waals surface area contributed by atoms with Gasteiger partial charge in [-0.25, -0.2) is 0 Å². The van der Waals surface area contributed by atoms with Gasteiger partial charge in [-0.2, -0.15) is 0 Å². The van der Waals surface area contributed by atoms with E-state index in [0.29, 0.717) is 30.3 Å². The number of carbonyl (C=O) groups excluding carboxylic acids is 1. The summed E-state index contributed by atoms with van der Waals surface area (Å²) < 4.78 is 51.6. The summed E-state index contributed by atoms with van der Waals surface area (Å²) in [4.78, 5) is 11.5. The molecule has 0 fully saturated rings. The van der Waals surface area contributed by atoms with Gasteiger partial charge in [0.2, 0.25) is 5.91 Å². The Morgan fingerprint density at radius 1 is 1.15 bits per heavy atom. The zero-order valence-electron chi connectivity index (χ0n) is 14.1. The number of hydrogen-bond acceptors (Lipinski definition) is 4. The van der Waals surface area contributed by atoms with Crippen molar-refractivity contribution in [3.63, 3.8) is 0 Å². The Labute approximate surface area is 153 Å². The number of carbonyl (C=O) groups is 1. The molecule has 0 saturated heterocycles. The van der Waals surface area contributed by atoms with Crippen LogP contribution in [0.5, 0.6) is 23.0 Å². The molecule has 5 nitrogen and oxygen atoms in total. The molecule has 2 aromatic carbocycles.